The van der Waals surface area contributed by atoms with Crippen molar-refractivity contribution in [1.29, 1.82) is 5.26 Å². The van der Waals surface area contributed by atoms with Crippen molar-refractivity contribution in [1.82, 2.24) is 0 Å². The molecule has 6 heteroatoms. The maximum atomic E-state index is 9.95. The Balaban J connectivity index is 2.36. The van der Waals surface area contributed by atoms with Gasteiger partial charge in [-0.3, -0.25) is 0 Å². The second-order valence-electron chi connectivity index (χ2n) is 6.40. The first-order chi connectivity index (χ1) is 10.2. The van der Waals surface area contributed by atoms with Crippen LogP contribution in [0.15, 0.2) is 23.7 Å². The van der Waals surface area contributed by atoms with E-state index >= 15 is 0 Å². The maximum Gasteiger partial charge on any atom is 0.491 e. The molecule has 1 saturated heterocycles. The number of phenolic OH excluding ortho intramolecular Hbond substituents is 1. The van der Waals surface area contributed by atoms with Crippen LogP contribution in [0, 0.1) is 11.3 Å². The smallest absolute Gasteiger partial charge is 0.491 e. The van der Waals surface area contributed by atoms with Gasteiger partial charge in [-0.2, -0.15) is 5.26 Å². The molecule has 5 nitrogen and oxygen atoms in total. The normalized spacial score (nSPS) is 20.0. The average molecular weight is 300 g/mol. The summed E-state index contributed by atoms with van der Waals surface area (Å²) >= 11 is 0. The van der Waals surface area contributed by atoms with Gasteiger partial charge in [0.25, 0.3) is 0 Å². The lowest BCUT2D eigenvalue weighted by Crippen LogP contribution is -2.41. The molecule has 116 valence electrons. The zero-order valence-corrected chi connectivity index (χ0v) is 13.4. The number of rotatable bonds is 3. The topological polar surface area (TPSA) is 88.5 Å². The number of benzene rings is 1. The SMILES string of the molecule is CC1(C)OB(C(=Cc2cc(C#N)ccc2O)CN)OC1(C)C. The number of phenols is 1. The van der Waals surface area contributed by atoms with E-state index in [4.69, 9.17) is 20.3 Å². The lowest BCUT2D eigenvalue weighted by Gasteiger charge is -2.32. The van der Waals surface area contributed by atoms with Gasteiger partial charge in [-0.25, -0.2) is 0 Å². The summed E-state index contributed by atoms with van der Waals surface area (Å²) in [6, 6.07) is 6.70. The van der Waals surface area contributed by atoms with Crippen LogP contribution in [0.2, 0.25) is 0 Å². The molecule has 0 bridgehead atoms. The van der Waals surface area contributed by atoms with Gasteiger partial charge in [0.1, 0.15) is 5.75 Å². The summed E-state index contributed by atoms with van der Waals surface area (Å²) in [5.74, 6) is 0.0847. The van der Waals surface area contributed by atoms with Crippen molar-refractivity contribution in [2.24, 2.45) is 5.73 Å². The molecule has 0 unspecified atom stereocenters. The molecule has 1 aliphatic rings. The Morgan fingerprint density at radius 3 is 2.41 bits per heavy atom. The fourth-order valence-electron chi connectivity index (χ4n) is 2.16. The van der Waals surface area contributed by atoms with Gasteiger partial charge in [-0.15, -0.1) is 0 Å². The van der Waals surface area contributed by atoms with Gasteiger partial charge in [0.2, 0.25) is 0 Å². The molecule has 0 spiro atoms. The van der Waals surface area contributed by atoms with Crippen LogP contribution >= 0.6 is 0 Å². The Hall–Kier alpha value is -1.81. The standard InChI is InChI=1S/C16H21BN2O3/c1-15(2)16(3,4)22-17(21-15)13(10-19)8-12-7-11(9-18)5-6-14(12)20/h5-8,20H,10,19H2,1-4H3. The minimum atomic E-state index is -0.569. The zero-order chi connectivity index (χ0) is 16.5. The molecule has 1 aliphatic heterocycles. The van der Waals surface area contributed by atoms with Crippen LogP contribution in [0.25, 0.3) is 6.08 Å². The van der Waals surface area contributed by atoms with E-state index in [1.165, 1.54) is 6.07 Å². The lowest BCUT2D eigenvalue weighted by atomic mass is 9.77. The highest BCUT2D eigenvalue weighted by atomic mass is 16.7. The monoisotopic (exact) mass is 300 g/mol. The lowest BCUT2D eigenvalue weighted by molar-refractivity contribution is 0.00578. The zero-order valence-electron chi connectivity index (χ0n) is 13.4. The summed E-state index contributed by atoms with van der Waals surface area (Å²) < 4.78 is 11.9. The number of nitrogens with zero attached hydrogens (tertiary/aromatic N) is 1. The van der Waals surface area contributed by atoms with Crippen LogP contribution in [0.4, 0.5) is 0 Å². The fourth-order valence-corrected chi connectivity index (χ4v) is 2.16. The quantitative estimate of drug-likeness (QED) is 0.836. The molecule has 2 rings (SSSR count). The minimum Gasteiger partial charge on any atom is -0.507 e. The van der Waals surface area contributed by atoms with Gasteiger partial charge >= 0.3 is 7.12 Å². The van der Waals surface area contributed by atoms with E-state index in [2.05, 4.69) is 0 Å². The van der Waals surface area contributed by atoms with Crippen LogP contribution in [0.5, 0.6) is 5.75 Å². The maximum absolute atomic E-state index is 9.95. The number of aromatic hydroxyl groups is 1. The first-order valence-electron chi connectivity index (χ1n) is 7.19. The molecule has 1 aromatic carbocycles. The van der Waals surface area contributed by atoms with Crippen LogP contribution in [-0.2, 0) is 9.31 Å². The molecule has 0 aromatic heterocycles. The van der Waals surface area contributed by atoms with E-state index in [-0.39, 0.29) is 12.3 Å². The van der Waals surface area contributed by atoms with Crippen LogP contribution in [-0.4, -0.2) is 30.0 Å². The molecule has 0 aliphatic carbocycles. The molecule has 0 saturated carbocycles. The van der Waals surface area contributed by atoms with Crippen molar-refractivity contribution >= 4 is 13.2 Å². The third-order valence-corrected chi connectivity index (χ3v) is 4.29. The Morgan fingerprint density at radius 2 is 1.91 bits per heavy atom. The fraction of sp³-hybridized carbons (Fsp3) is 0.438. The number of nitrogens with two attached hydrogens (primary N) is 1. The number of hydrogen-bond donors (Lipinski definition) is 2. The summed E-state index contributed by atoms with van der Waals surface area (Å²) in [5.41, 5.74) is 6.61. The average Bonchev–Trinajstić information content (AvgIpc) is 2.66. The molecule has 1 aromatic rings. The summed E-state index contributed by atoms with van der Waals surface area (Å²) in [5, 5.41) is 18.9. The summed E-state index contributed by atoms with van der Waals surface area (Å²) in [4.78, 5) is 0. The van der Waals surface area contributed by atoms with Crippen molar-refractivity contribution < 1.29 is 14.4 Å². The van der Waals surface area contributed by atoms with E-state index < -0.39 is 18.3 Å². The van der Waals surface area contributed by atoms with E-state index in [0.717, 1.165) is 0 Å². The molecule has 1 heterocycles. The predicted octanol–water partition coefficient (Wildman–Crippen LogP) is 2.24. The molecule has 22 heavy (non-hydrogen) atoms. The second-order valence-corrected chi connectivity index (χ2v) is 6.40. The van der Waals surface area contributed by atoms with Crippen molar-refractivity contribution in [3.63, 3.8) is 0 Å². The van der Waals surface area contributed by atoms with Gasteiger partial charge in [-0.1, -0.05) is 6.08 Å². The highest BCUT2D eigenvalue weighted by Gasteiger charge is 2.52. The van der Waals surface area contributed by atoms with Gasteiger partial charge in [0, 0.05) is 12.1 Å². The molecule has 0 amide bonds. The minimum absolute atomic E-state index is 0.0847. The summed E-state index contributed by atoms with van der Waals surface area (Å²) in [7, 11) is -0.569. The van der Waals surface area contributed by atoms with Crippen molar-refractivity contribution in [3.05, 3.63) is 34.8 Å². The number of nitriles is 1. The van der Waals surface area contributed by atoms with Crippen molar-refractivity contribution in [2.75, 3.05) is 6.54 Å². The van der Waals surface area contributed by atoms with Crippen LogP contribution in [0.1, 0.15) is 38.8 Å². The molecule has 0 radical (unpaired) electrons. The van der Waals surface area contributed by atoms with E-state index in [0.29, 0.717) is 16.6 Å². The first-order valence-corrected chi connectivity index (χ1v) is 7.19. The van der Waals surface area contributed by atoms with Crippen LogP contribution < -0.4 is 5.73 Å². The largest absolute Gasteiger partial charge is 0.507 e. The van der Waals surface area contributed by atoms with E-state index in [9.17, 15) is 5.11 Å². The van der Waals surface area contributed by atoms with Crippen LogP contribution in [0.3, 0.4) is 0 Å². The van der Waals surface area contributed by atoms with Gasteiger partial charge in [-0.05, 0) is 51.4 Å². The van der Waals surface area contributed by atoms with E-state index in [1.807, 2.05) is 33.8 Å². The molecule has 1 fully saturated rings. The molecular formula is C16H21BN2O3. The van der Waals surface area contributed by atoms with Gasteiger partial charge in [0.15, 0.2) is 0 Å². The summed E-state index contributed by atoms with van der Waals surface area (Å²) in [6.07, 6.45) is 1.72. The van der Waals surface area contributed by atoms with E-state index in [1.54, 1.807) is 18.2 Å². The molecule has 3 N–H and O–H groups in total. The van der Waals surface area contributed by atoms with Gasteiger partial charge < -0.3 is 20.1 Å². The Morgan fingerprint density at radius 1 is 1.32 bits per heavy atom. The predicted molar refractivity (Wildman–Crippen MR) is 85.9 cm³/mol. The van der Waals surface area contributed by atoms with Crippen molar-refractivity contribution in [3.8, 4) is 11.8 Å². The molecular weight excluding hydrogens is 279 g/mol. The highest BCUT2D eigenvalue weighted by molar-refractivity contribution is 6.55. The highest BCUT2D eigenvalue weighted by Crippen LogP contribution is 2.38. The number of hydrogen-bond acceptors (Lipinski definition) is 5. The third kappa shape index (κ3) is 3.02. The second kappa shape index (κ2) is 5.77. The van der Waals surface area contributed by atoms with Crippen molar-refractivity contribution in [2.45, 2.75) is 38.9 Å². The Labute approximate surface area is 131 Å². The van der Waals surface area contributed by atoms with Gasteiger partial charge in [0.05, 0.1) is 22.8 Å². The first kappa shape index (κ1) is 16.6. The molecule has 0 atom stereocenters. The third-order valence-electron chi connectivity index (χ3n) is 4.29. The Bertz CT molecular complexity index is 631. The summed E-state index contributed by atoms with van der Waals surface area (Å²) in [6.45, 7) is 8.10. The Kier molecular flexibility index (Phi) is 4.34.